The number of aromatic nitrogens is 2. The van der Waals surface area contributed by atoms with E-state index in [1.807, 2.05) is 37.3 Å². The van der Waals surface area contributed by atoms with Crippen LogP contribution >= 0.6 is 34.2 Å². The molecule has 0 saturated carbocycles. The van der Waals surface area contributed by atoms with Gasteiger partial charge in [0.25, 0.3) is 0 Å². The van der Waals surface area contributed by atoms with Gasteiger partial charge < -0.3 is 5.32 Å². The van der Waals surface area contributed by atoms with E-state index < -0.39 is 0 Å². The Morgan fingerprint density at radius 1 is 1.25 bits per heavy atom. The number of rotatable bonds is 2. The molecule has 1 aromatic heterocycles. The van der Waals surface area contributed by atoms with Crippen molar-refractivity contribution in [3.63, 3.8) is 0 Å². The van der Waals surface area contributed by atoms with E-state index in [1.165, 1.54) is 0 Å². The predicted molar refractivity (Wildman–Crippen MR) is 74.2 cm³/mol. The summed E-state index contributed by atoms with van der Waals surface area (Å²) in [5, 5.41) is 3.47. The Morgan fingerprint density at radius 3 is 2.69 bits per heavy atom. The lowest BCUT2D eigenvalue weighted by Gasteiger charge is -2.08. The smallest absolute Gasteiger partial charge is 0.224 e. The zero-order valence-corrected chi connectivity index (χ0v) is 11.5. The lowest BCUT2D eigenvalue weighted by Crippen LogP contribution is -1.98. The summed E-state index contributed by atoms with van der Waals surface area (Å²) in [4.78, 5) is 8.12. The van der Waals surface area contributed by atoms with Crippen molar-refractivity contribution in [1.82, 2.24) is 9.97 Å². The first kappa shape index (κ1) is 11.6. The Balaban J connectivity index is 2.30. The fourth-order valence-electron chi connectivity index (χ4n) is 1.30. The lowest BCUT2D eigenvalue weighted by molar-refractivity contribution is 1.10. The van der Waals surface area contributed by atoms with Gasteiger partial charge in [0, 0.05) is 15.3 Å². The largest absolute Gasteiger partial charge is 0.339 e. The molecule has 0 atom stereocenters. The second-order valence-electron chi connectivity index (χ2n) is 3.27. The molecule has 0 saturated heterocycles. The summed E-state index contributed by atoms with van der Waals surface area (Å²) in [7, 11) is 0. The van der Waals surface area contributed by atoms with Crippen LogP contribution in [0.25, 0.3) is 0 Å². The average Bonchev–Trinajstić information content (AvgIpc) is 2.20. The Kier molecular flexibility index (Phi) is 3.60. The predicted octanol–water partition coefficient (Wildman–Crippen LogP) is 3.79. The molecule has 0 unspecified atom stereocenters. The Morgan fingerprint density at radius 2 is 2.00 bits per heavy atom. The standard InChI is InChI=1S/C11H9ClIN3/c1-7-6-10(16-11(12)14-7)15-9-5-3-2-4-8(9)13/h2-6H,1H3,(H,14,15,16). The van der Waals surface area contributed by atoms with Gasteiger partial charge in [-0.1, -0.05) is 12.1 Å². The maximum absolute atomic E-state index is 5.79. The first-order chi connectivity index (χ1) is 7.65. The molecular formula is C11H9ClIN3. The van der Waals surface area contributed by atoms with Gasteiger partial charge in [-0.3, -0.25) is 0 Å². The summed E-state index contributed by atoms with van der Waals surface area (Å²) in [6.07, 6.45) is 0. The lowest BCUT2D eigenvalue weighted by atomic mass is 10.3. The summed E-state index contributed by atoms with van der Waals surface area (Å²) < 4.78 is 1.13. The number of halogens is 2. The van der Waals surface area contributed by atoms with Gasteiger partial charge in [0.05, 0.1) is 5.69 Å². The van der Waals surface area contributed by atoms with E-state index in [1.54, 1.807) is 0 Å². The van der Waals surface area contributed by atoms with Crippen LogP contribution in [0.2, 0.25) is 5.28 Å². The molecule has 5 heteroatoms. The minimum absolute atomic E-state index is 0.258. The minimum Gasteiger partial charge on any atom is -0.339 e. The zero-order valence-electron chi connectivity index (χ0n) is 8.54. The van der Waals surface area contributed by atoms with E-state index in [0.717, 1.165) is 15.0 Å². The highest BCUT2D eigenvalue weighted by Crippen LogP contribution is 2.21. The molecule has 3 nitrogen and oxygen atoms in total. The van der Waals surface area contributed by atoms with E-state index in [4.69, 9.17) is 11.6 Å². The van der Waals surface area contributed by atoms with E-state index in [2.05, 4.69) is 37.9 Å². The number of anilines is 2. The number of benzene rings is 1. The van der Waals surface area contributed by atoms with Crippen LogP contribution in [0.3, 0.4) is 0 Å². The van der Waals surface area contributed by atoms with Crippen molar-refractivity contribution in [3.05, 3.63) is 44.9 Å². The molecule has 0 aliphatic rings. The second kappa shape index (κ2) is 4.97. The molecule has 1 heterocycles. The van der Waals surface area contributed by atoms with Gasteiger partial charge in [0.15, 0.2) is 0 Å². The Labute approximate surface area is 112 Å². The molecule has 1 aromatic carbocycles. The van der Waals surface area contributed by atoms with Gasteiger partial charge in [-0.25, -0.2) is 9.97 Å². The zero-order chi connectivity index (χ0) is 11.5. The van der Waals surface area contributed by atoms with E-state index in [0.29, 0.717) is 5.82 Å². The third kappa shape index (κ3) is 2.82. The quantitative estimate of drug-likeness (QED) is 0.665. The molecule has 0 aliphatic carbocycles. The molecule has 1 N–H and O–H groups in total. The van der Waals surface area contributed by atoms with Crippen molar-refractivity contribution < 1.29 is 0 Å². The van der Waals surface area contributed by atoms with Crippen molar-refractivity contribution in [2.75, 3.05) is 5.32 Å². The van der Waals surface area contributed by atoms with Gasteiger partial charge in [0.1, 0.15) is 5.82 Å². The fraction of sp³-hybridized carbons (Fsp3) is 0.0909. The van der Waals surface area contributed by atoms with Crippen molar-refractivity contribution in [3.8, 4) is 0 Å². The third-order valence-corrected chi connectivity index (χ3v) is 3.07. The summed E-state index contributed by atoms with van der Waals surface area (Å²) in [5.41, 5.74) is 1.85. The number of para-hydroxylation sites is 1. The highest BCUT2D eigenvalue weighted by Gasteiger charge is 2.02. The molecular weight excluding hydrogens is 336 g/mol. The molecule has 0 radical (unpaired) electrons. The Hall–Kier alpha value is -0.880. The normalized spacial score (nSPS) is 10.2. The number of aryl methyl sites for hydroxylation is 1. The highest BCUT2D eigenvalue weighted by molar-refractivity contribution is 14.1. The van der Waals surface area contributed by atoms with E-state index >= 15 is 0 Å². The van der Waals surface area contributed by atoms with Crippen LogP contribution in [0.15, 0.2) is 30.3 Å². The van der Waals surface area contributed by atoms with Gasteiger partial charge in [-0.2, -0.15) is 0 Å². The molecule has 82 valence electrons. The van der Waals surface area contributed by atoms with Crippen LogP contribution in [0.4, 0.5) is 11.5 Å². The van der Waals surface area contributed by atoms with Crippen LogP contribution < -0.4 is 5.32 Å². The average molecular weight is 346 g/mol. The molecule has 0 amide bonds. The maximum Gasteiger partial charge on any atom is 0.224 e. The van der Waals surface area contributed by atoms with Crippen molar-refractivity contribution in [2.45, 2.75) is 6.92 Å². The topological polar surface area (TPSA) is 37.8 Å². The molecule has 2 rings (SSSR count). The SMILES string of the molecule is Cc1cc(Nc2ccccc2I)nc(Cl)n1. The fourth-order valence-corrected chi connectivity index (χ4v) is 2.04. The monoisotopic (exact) mass is 345 g/mol. The number of hydrogen-bond donors (Lipinski definition) is 1. The van der Waals surface area contributed by atoms with Crippen LogP contribution in [0, 0.1) is 10.5 Å². The van der Waals surface area contributed by atoms with Crippen LogP contribution in [0.1, 0.15) is 5.69 Å². The van der Waals surface area contributed by atoms with Crippen LogP contribution in [0.5, 0.6) is 0 Å². The van der Waals surface area contributed by atoms with Gasteiger partial charge >= 0.3 is 0 Å². The molecule has 0 fully saturated rings. The third-order valence-electron chi connectivity index (χ3n) is 1.96. The van der Waals surface area contributed by atoms with E-state index in [9.17, 15) is 0 Å². The van der Waals surface area contributed by atoms with Crippen LogP contribution in [-0.2, 0) is 0 Å². The Bertz CT molecular complexity index is 496. The second-order valence-corrected chi connectivity index (χ2v) is 4.77. The summed E-state index contributed by atoms with van der Waals surface area (Å²) in [5.74, 6) is 0.710. The summed E-state index contributed by atoms with van der Waals surface area (Å²) >= 11 is 8.06. The molecule has 0 spiro atoms. The van der Waals surface area contributed by atoms with Gasteiger partial charge in [-0.05, 0) is 53.2 Å². The van der Waals surface area contributed by atoms with Crippen molar-refractivity contribution in [2.24, 2.45) is 0 Å². The first-order valence-corrected chi connectivity index (χ1v) is 6.13. The number of hydrogen-bond acceptors (Lipinski definition) is 3. The summed E-state index contributed by atoms with van der Waals surface area (Å²) in [6.45, 7) is 1.88. The highest BCUT2D eigenvalue weighted by atomic mass is 127. The van der Waals surface area contributed by atoms with Crippen LogP contribution in [-0.4, -0.2) is 9.97 Å². The first-order valence-electron chi connectivity index (χ1n) is 4.68. The molecule has 0 aliphatic heterocycles. The van der Waals surface area contributed by atoms with Crippen molar-refractivity contribution in [1.29, 1.82) is 0 Å². The molecule has 2 aromatic rings. The van der Waals surface area contributed by atoms with Gasteiger partial charge in [0.2, 0.25) is 5.28 Å². The van der Waals surface area contributed by atoms with Gasteiger partial charge in [-0.15, -0.1) is 0 Å². The molecule has 0 bridgehead atoms. The maximum atomic E-state index is 5.79. The molecule has 16 heavy (non-hydrogen) atoms. The number of nitrogens with zero attached hydrogens (tertiary/aromatic N) is 2. The summed E-state index contributed by atoms with van der Waals surface area (Å²) in [6, 6.07) is 9.84. The number of nitrogens with one attached hydrogen (secondary N) is 1. The van der Waals surface area contributed by atoms with Crippen molar-refractivity contribution >= 4 is 45.7 Å². The van der Waals surface area contributed by atoms with E-state index in [-0.39, 0.29) is 5.28 Å². The minimum atomic E-state index is 0.258.